The summed E-state index contributed by atoms with van der Waals surface area (Å²) in [6.45, 7) is 3.41. The molecule has 1 aromatic carbocycles. The van der Waals surface area contributed by atoms with Gasteiger partial charge in [0.2, 0.25) is 5.91 Å². The van der Waals surface area contributed by atoms with Gasteiger partial charge in [-0.05, 0) is 37.5 Å². The topological polar surface area (TPSA) is 84.6 Å². The van der Waals surface area contributed by atoms with Crippen molar-refractivity contribution in [2.24, 2.45) is 11.7 Å². The summed E-state index contributed by atoms with van der Waals surface area (Å²) in [5.41, 5.74) is 6.83. The lowest BCUT2D eigenvalue weighted by molar-refractivity contribution is -0.122. The summed E-state index contributed by atoms with van der Waals surface area (Å²) < 4.78 is 5.46. The summed E-state index contributed by atoms with van der Waals surface area (Å²) in [7, 11) is 0. The molecule has 1 aliphatic rings. The van der Waals surface area contributed by atoms with Crippen LogP contribution >= 0.6 is 0 Å². The van der Waals surface area contributed by atoms with Gasteiger partial charge >= 0.3 is 0 Å². The normalized spacial score (nSPS) is 23.5. The van der Waals surface area contributed by atoms with Gasteiger partial charge in [-0.3, -0.25) is 4.79 Å². The third kappa shape index (κ3) is 3.95. The fraction of sp³-hybridized carbons (Fsp3) is 0.533. The SMILES string of the molecule is CC1OCCC1CNC(=O)[C@H](N)Cc1ccc(O)cc1. The number of hydrogen-bond donors (Lipinski definition) is 3. The third-order valence-corrected chi connectivity index (χ3v) is 3.80. The smallest absolute Gasteiger partial charge is 0.237 e. The highest BCUT2D eigenvalue weighted by atomic mass is 16.5. The third-order valence-electron chi connectivity index (χ3n) is 3.80. The maximum atomic E-state index is 12.0. The van der Waals surface area contributed by atoms with Crippen LogP contribution in [0.2, 0.25) is 0 Å². The molecule has 2 unspecified atom stereocenters. The minimum Gasteiger partial charge on any atom is -0.508 e. The lowest BCUT2D eigenvalue weighted by Crippen LogP contribution is -2.44. The van der Waals surface area contributed by atoms with Gasteiger partial charge in [-0.2, -0.15) is 0 Å². The van der Waals surface area contributed by atoms with Gasteiger partial charge in [0.25, 0.3) is 0 Å². The highest BCUT2D eigenvalue weighted by Crippen LogP contribution is 2.19. The minimum atomic E-state index is -0.572. The first-order valence-electron chi connectivity index (χ1n) is 6.99. The number of rotatable bonds is 5. The molecule has 1 aromatic rings. The zero-order chi connectivity index (χ0) is 14.5. The Labute approximate surface area is 119 Å². The Balaban J connectivity index is 1.78. The van der Waals surface area contributed by atoms with E-state index in [9.17, 15) is 9.90 Å². The molecule has 4 N–H and O–H groups in total. The van der Waals surface area contributed by atoms with Crippen LogP contribution in [0.5, 0.6) is 5.75 Å². The lowest BCUT2D eigenvalue weighted by atomic mass is 10.0. The number of phenols is 1. The molecule has 1 fully saturated rings. The average molecular weight is 278 g/mol. The molecule has 0 bridgehead atoms. The van der Waals surface area contributed by atoms with Crippen LogP contribution in [-0.2, 0) is 16.0 Å². The van der Waals surface area contributed by atoms with Crippen molar-refractivity contribution in [1.82, 2.24) is 5.32 Å². The van der Waals surface area contributed by atoms with E-state index in [1.54, 1.807) is 24.3 Å². The first kappa shape index (κ1) is 14.8. The van der Waals surface area contributed by atoms with Gasteiger partial charge in [0.05, 0.1) is 12.1 Å². The molecule has 5 heteroatoms. The molecule has 2 rings (SSSR count). The Morgan fingerprint density at radius 2 is 2.20 bits per heavy atom. The summed E-state index contributed by atoms with van der Waals surface area (Å²) in [6, 6.07) is 6.16. The van der Waals surface area contributed by atoms with Crippen LogP contribution in [0, 0.1) is 5.92 Å². The van der Waals surface area contributed by atoms with Crippen molar-refractivity contribution in [3.63, 3.8) is 0 Å². The van der Waals surface area contributed by atoms with Crippen molar-refractivity contribution < 1.29 is 14.6 Å². The summed E-state index contributed by atoms with van der Waals surface area (Å²) in [5.74, 6) is 0.444. The Morgan fingerprint density at radius 3 is 2.80 bits per heavy atom. The standard InChI is InChI=1S/C15H22N2O3/c1-10-12(6-7-20-10)9-17-15(19)14(16)8-11-2-4-13(18)5-3-11/h2-5,10,12,14,18H,6-9,16H2,1H3,(H,17,19)/t10?,12?,14-/m1/s1. The van der Waals surface area contributed by atoms with Gasteiger partial charge in [0.1, 0.15) is 5.75 Å². The molecular weight excluding hydrogens is 256 g/mol. The molecule has 0 spiro atoms. The predicted molar refractivity (Wildman–Crippen MR) is 76.3 cm³/mol. The molecule has 1 saturated heterocycles. The molecule has 110 valence electrons. The van der Waals surface area contributed by atoms with Crippen LogP contribution in [0.15, 0.2) is 24.3 Å². The van der Waals surface area contributed by atoms with Crippen molar-refractivity contribution in [1.29, 1.82) is 0 Å². The van der Waals surface area contributed by atoms with E-state index in [1.807, 2.05) is 6.92 Å². The zero-order valence-electron chi connectivity index (χ0n) is 11.7. The van der Waals surface area contributed by atoms with Crippen LogP contribution < -0.4 is 11.1 Å². The van der Waals surface area contributed by atoms with Crippen molar-refractivity contribution in [2.45, 2.75) is 31.9 Å². The molecule has 0 aromatic heterocycles. The van der Waals surface area contributed by atoms with Gasteiger partial charge in [0, 0.05) is 19.1 Å². The van der Waals surface area contributed by atoms with Crippen LogP contribution in [0.25, 0.3) is 0 Å². The molecule has 5 nitrogen and oxygen atoms in total. The largest absolute Gasteiger partial charge is 0.508 e. The Morgan fingerprint density at radius 1 is 1.50 bits per heavy atom. The van der Waals surface area contributed by atoms with Crippen molar-refractivity contribution in [2.75, 3.05) is 13.2 Å². The summed E-state index contributed by atoms with van der Waals surface area (Å²) in [4.78, 5) is 12.0. The number of benzene rings is 1. The van der Waals surface area contributed by atoms with E-state index in [2.05, 4.69) is 5.32 Å². The first-order chi connectivity index (χ1) is 9.56. The van der Waals surface area contributed by atoms with Crippen LogP contribution in [0.1, 0.15) is 18.9 Å². The highest BCUT2D eigenvalue weighted by Gasteiger charge is 2.25. The van der Waals surface area contributed by atoms with Gasteiger partial charge in [-0.1, -0.05) is 12.1 Å². The number of carbonyl (C=O) groups excluding carboxylic acids is 1. The van der Waals surface area contributed by atoms with Crippen LogP contribution in [0.4, 0.5) is 0 Å². The van der Waals surface area contributed by atoms with E-state index in [1.165, 1.54) is 0 Å². The summed E-state index contributed by atoms with van der Waals surface area (Å²) >= 11 is 0. The van der Waals surface area contributed by atoms with E-state index in [4.69, 9.17) is 10.5 Å². The van der Waals surface area contributed by atoms with Gasteiger partial charge < -0.3 is 20.9 Å². The van der Waals surface area contributed by atoms with Crippen molar-refractivity contribution in [3.8, 4) is 5.75 Å². The monoisotopic (exact) mass is 278 g/mol. The van der Waals surface area contributed by atoms with E-state index < -0.39 is 6.04 Å². The second-order valence-corrected chi connectivity index (χ2v) is 5.35. The molecular formula is C15H22N2O3. The number of aromatic hydroxyl groups is 1. The van der Waals surface area contributed by atoms with E-state index in [-0.39, 0.29) is 17.8 Å². The summed E-state index contributed by atoms with van der Waals surface area (Å²) in [6.07, 6.45) is 1.64. The minimum absolute atomic E-state index is 0.142. The summed E-state index contributed by atoms with van der Waals surface area (Å²) in [5, 5.41) is 12.1. The number of hydrogen-bond acceptors (Lipinski definition) is 4. The number of amides is 1. The van der Waals surface area contributed by atoms with Gasteiger partial charge in [-0.15, -0.1) is 0 Å². The Hall–Kier alpha value is -1.59. The number of nitrogens with two attached hydrogens (primary N) is 1. The lowest BCUT2D eigenvalue weighted by Gasteiger charge is -2.17. The molecule has 1 amide bonds. The number of phenolic OH excluding ortho intramolecular Hbond substituents is 1. The fourth-order valence-corrected chi connectivity index (χ4v) is 2.39. The predicted octanol–water partition coefficient (Wildman–Crippen LogP) is 0.803. The molecule has 1 heterocycles. The molecule has 20 heavy (non-hydrogen) atoms. The second kappa shape index (κ2) is 6.72. The number of carbonyl (C=O) groups is 1. The van der Waals surface area contributed by atoms with E-state index >= 15 is 0 Å². The molecule has 0 saturated carbocycles. The van der Waals surface area contributed by atoms with E-state index in [0.29, 0.717) is 18.9 Å². The number of ether oxygens (including phenoxy) is 1. The van der Waals surface area contributed by atoms with Crippen LogP contribution in [-0.4, -0.2) is 36.3 Å². The maximum absolute atomic E-state index is 12.0. The Bertz CT molecular complexity index is 447. The van der Waals surface area contributed by atoms with Crippen LogP contribution in [0.3, 0.4) is 0 Å². The average Bonchev–Trinajstić information content (AvgIpc) is 2.84. The Kier molecular flexibility index (Phi) is 4.98. The number of nitrogens with one attached hydrogen (secondary N) is 1. The molecule has 3 atom stereocenters. The van der Waals surface area contributed by atoms with Gasteiger partial charge in [-0.25, -0.2) is 0 Å². The molecule has 0 radical (unpaired) electrons. The van der Waals surface area contributed by atoms with Crippen molar-refractivity contribution in [3.05, 3.63) is 29.8 Å². The maximum Gasteiger partial charge on any atom is 0.237 e. The fourth-order valence-electron chi connectivity index (χ4n) is 2.39. The molecule has 1 aliphatic heterocycles. The zero-order valence-corrected chi connectivity index (χ0v) is 11.7. The quantitative estimate of drug-likeness (QED) is 0.744. The first-order valence-corrected chi connectivity index (χ1v) is 6.99. The molecule has 0 aliphatic carbocycles. The van der Waals surface area contributed by atoms with Crippen molar-refractivity contribution >= 4 is 5.91 Å². The van der Waals surface area contributed by atoms with Gasteiger partial charge in [0.15, 0.2) is 0 Å². The van der Waals surface area contributed by atoms with E-state index in [0.717, 1.165) is 18.6 Å². The second-order valence-electron chi connectivity index (χ2n) is 5.35. The highest BCUT2D eigenvalue weighted by molar-refractivity contribution is 5.81.